The largest absolute Gasteiger partial charge is 0.481 e. The number of carboxylic acid groups (broad SMARTS) is 1. The Morgan fingerprint density at radius 2 is 1.81 bits per heavy atom. The summed E-state index contributed by atoms with van der Waals surface area (Å²) in [5, 5.41) is 9.68. The van der Waals surface area contributed by atoms with E-state index in [1.807, 2.05) is 0 Å². The topological polar surface area (TPSA) is 37.3 Å². The molecule has 3 rings (SSSR count). The van der Waals surface area contributed by atoms with Gasteiger partial charge in [0.25, 0.3) is 0 Å². The van der Waals surface area contributed by atoms with Gasteiger partial charge < -0.3 is 5.11 Å². The maximum Gasteiger partial charge on any atom is 0.309 e. The van der Waals surface area contributed by atoms with Crippen molar-refractivity contribution in [3.63, 3.8) is 0 Å². The van der Waals surface area contributed by atoms with Gasteiger partial charge in [-0.2, -0.15) is 0 Å². The van der Waals surface area contributed by atoms with E-state index in [-0.39, 0.29) is 5.41 Å². The Morgan fingerprint density at radius 1 is 1.06 bits per heavy atom. The fourth-order valence-electron chi connectivity index (χ4n) is 4.85. The molecule has 0 aromatic rings. The average Bonchev–Trinajstić information content (AvgIpc) is 2.91. The molecule has 3 aliphatic rings. The van der Waals surface area contributed by atoms with Crippen LogP contribution in [-0.4, -0.2) is 11.1 Å². The lowest BCUT2D eigenvalue weighted by Crippen LogP contribution is -2.42. The lowest BCUT2D eigenvalue weighted by Gasteiger charge is -2.42. The molecule has 0 amide bonds. The van der Waals surface area contributed by atoms with Crippen LogP contribution in [0.3, 0.4) is 0 Å². The van der Waals surface area contributed by atoms with E-state index in [9.17, 15) is 9.90 Å². The average molecular weight is 222 g/mol. The Labute approximate surface area is 97.4 Å². The van der Waals surface area contributed by atoms with Gasteiger partial charge in [0.2, 0.25) is 0 Å². The Kier molecular flexibility index (Phi) is 2.49. The van der Waals surface area contributed by atoms with Gasteiger partial charge in [0.15, 0.2) is 0 Å². The Morgan fingerprint density at radius 3 is 2.31 bits per heavy atom. The second kappa shape index (κ2) is 3.75. The third-order valence-corrected chi connectivity index (χ3v) is 5.62. The number of rotatable bonds is 2. The van der Waals surface area contributed by atoms with Crippen molar-refractivity contribution in [1.29, 1.82) is 0 Å². The van der Waals surface area contributed by atoms with Gasteiger partial charge in [-0.3, -0.25) is 4.79 Å². The lowest BCUT2D eigenvalue weighted by molar-refractivity contribution is -0.157. The van der Waals surface area contributed by atoms with Crippen LogP contribution in [0.2, 0.25) is 0 Å². The van der Waals surface area contributed by atoms with E-state index < -0.39 is 5.97 Å². The fourth-order valence-corrected chi connectivity index (χ4v) is 4.85. The molecular formula is C14H22O2. The molecule has 3 atom stereocenters. The third-order valence-electron chi connectivity index (χ3n) is 5.62. The summed E-state index contributed by atoms with van der Waals surface area (Å²) in [5.41, 5.74) is -0.321. The first kappa shape index (κ1) is 10.6. The van der Waals surface area contributed by atoms with Gasteiger partial charge in [-0.05, 0) is 49.9 Å². The van der Waals surface area contributed by atoms with Gasteiger partial charge in [-0.1, -0.05) is 25.7 Å². The normalized spacial score (nSPS) is 41.1. The predicted molar refractivity (Wildman–Crippen MR) is 62.1 cm³/mol. The van der Waals surface area contributed by atoms with Crippen LogP contribution < -0.4 is 0 Å². The summed E-state index contributed by atoms with van der Waals surface area (Å²) in [6.45, 7) is 0. The molecule has 3 aliphatic carbocycles. The van der Waals surface area contributed by atoms with Crippen molar-refractivity contribution in [1.82, 2.24) is 0 Å². The Balaban J connectivity index is 1.85. The number of hydrogen-bond acceptors (Lipinski definition) is 1. The van der Waals surface area contributed by atoms with Gasteiger partial charge in [-0.25, -0.2) is 0 Å². The van der Waals surface area contributed by atoms with Crippen molar-refractivity contribution in [3.05, 3.63) is 0 Å². The summed E-state index contributed by atoms with van der Waals surface area (Å²) in [6.07, 6.45) is 10.7. The molecule has 90 valence electrons. The molecule has 2 heteroatoms. The minimum absolute atomic E-state index is 0.321. The van der Waals surface area contributed by atoms with Crippen LogP contribution in [0.15, 0.2) is 0 Å². The highest BCUT2D eigenvalue weighted by Gasteiger charge is 2.54. The molecule has 16 heavy (non-hydrogen) atoms. The minimum atomic E-state index is -0.482. The third kappa shape index (κ3) is 1.42. The summed E-state index contributed by atoms with van der Waals surface area (Å²) in [5.74, 6) is 1.65. The van der Waals surface area contributed by atoms with E-state index in [0.29, 0.717) is 5.92 Å². The van der Waals surface area contributed by atoms with E-state index >= 15 is 0 Å². The molecule has 3 unspecified atom stereocenters. The molecule has 0 radical (unpaired) electrons. The van der Waals surface area contributed by atoms with Crippen LogP contribution in [0.5, 0.6) is 0 Å². The monoisotopic (exact) mass is 222 g/mol. The first-order valence-electron chi connectivity index (χ1n) is 6.96. The molecule has 0 aliphatic heterocycles. The molecular weight excluding hydrogens is 200 g/mol. The van der Waals surface area contributed by atoms with Crippen LogP contribution in [0.4, 0.5) is 0 Å². The molecule has 3 fully saturated rings. The number of carboxylic acids is 1. The molecule has 0 saturated heterocycles. The Hall–Kier alpha value is -0.530. The predicted octanol–water partition coefficient (Wildman–Crippen LogP) is 3.46. The van der Waals surface area contributed by atoms with Crippen LogP contribution in [0.25, 0.3) is 0 Å². The van der Waals surface area contributed by atoms with Crippen LogP contribution in [0, 0.1) is 23.2 Å². The molecule has 2 bridgehead atoms. The van der Waals surface area contributed by atoms with Gasteiger partial charge in [-0.15, -0.1) is 0 Å². The summed E-state index contributed by atoms with van der Waals surface area (Å²) in [4.78, 5) is 11.7. The summed E-state index contributed by atoms with van der Waals surface area (Å²) in [7, 11) is 0. The first-order valence-corrected chi connectivity index (χ1v) is 6.96. The fraction of sp³-hybridized carbons (Fsp3) is 0.929. The van der Waals surface area contributed by atoms with Crippen LogP contribution >= 0.6 is 0 Å². The SMILES string of the molecule is O=C(O)C1(C2CC3CCC2C3)CCCCC1. The highest BCUT2D eigenvalue weighted by molar-refractivity contribution is 5.75. The number of carbonyl (C=O) groups is 1. The molecule has 0 spiro atoms. The standard InChI is InChI=1S/C14H22O2/c15-13(16)14(6-2-1-3-7-14)12-9-10-4-5-11(12)8-10/h10-12H,1-9H2,(H,15,16). The van der Waals surface area contributed by atoms with Gasteiger partial charge in [0.1, 0.15) is 0 Å². The molecule has 0 heterocycles. The molecule has 0 aromatic heterocycles. The highest BCUT2D eigenvalue weighted by atomic mass is 16.4. The van der Waals surface area contributed by atoms with E-state index in [1.54, 1.807) is 0 Å². The molecule has 3 saturated carbocycles. The van der Waals surface area contributed by atoms with Crippen molar-refractivity contribution in [2.75, 3.05) is 0 Å². The molecule has 1 N–H and O–H groups in total. The van der Waals surface area contributed by atoms with Crippen molar-refractivity contribution in [3.8, 4) is 0 Å². The van der Waals surface area contributed by atoms with Gasteiger partial charge >= 0.3 is 5.97 Å². The molecule has 0 aromatic carbocycles. The minimum Gasteiger partial charge on any atom is -0.481 e. The van der Waals surface area contributed by atoms with Crippen molar-refractivity contribution < 1.29 is 9.90 Å². The van der Waals surface area contributed by atoms with Gasteiger partial charge in [0.05, 0.1) is 5.41 Å². The summed E-state index contributed by atoms with van der Waals surface area (Å²) in [6, 6.07) is 0. The maximum atomic E-state index is 11.7. The number of hydrogen-bond donors (Lipinski definition) is 1. The zero-order valence-electron chi connectivity index (χ0n) is 9.95. The zero-order valence-corrected chi connectivity index (χ0v) is 9.95. The van der Waals surface area contributed by atoms with E-state index in [0.717, 1.165) is 37.5 Å². The zero-order chi connectivity index (χ0) is 11.2. The smallest absolute Gasteiger partial charge is 0.309 e. The Bertz CT molecular complexity index is 291. The number of fused-ring (bicyclic) bond motifs is 2. The summed E-state index contributed by atoms with van der Waals surface area (Å²) >= 11 is 0. The first-order chi connectivity index (χ1) is 7.72. The van der Waals surface area contributed by atoms with Crippen LogP contribution in [0.1, 0.15) is 57.8 Å². The second-order valence-electron chi connectivity index (χ2n) is 6.30. The summed E-state index contributed by atoms with van der Waals surface area (Å²) < 4.78 is 0. The van der Waals surface area contributed by atoms with Crippen molar-refractivity contribution in [2.24, 2.45) is 23.2 Å². The second-order valence-corrected chi connectivity index (χ2v) is 6.30. The van der Waals surface area contributed by atoms with Crippen molar-refractivity contribution >= 4 is 5.97 Å². The van der Waals surface area contributed by atoms with Gasteiger partial charge in [0, 0.05) is 0 Å². The van der Waals surface area contributed by atoms with E-state index in [2.05, 4.69) is 0 Å². The maximum absolute atomic E-state index is 11.7. The van der Waals surface area contributed by atoms with E-state index in [1.165, 1.54) is 32.1 Å². The quantitative estimate of drug-likeness (QED) is 0.777. The lowest BCUT2D eigenvalue weighted by atomic mass is 9.61. The van der Waals surface area contributed by atoms with Crippen molar-refractivity contribution in [2.45, 2.75) is 57.8 Å². The molecule has 2 nitrogen and oxygen atoms in total. The van der Waals surface area contributed by atoms with E-state index in [4.69, 9.17) is 0 Å². The highest BCUT2D eigenvalue weighted by Crippen LogP contribution is 2.58. The number of aliphatic carboxylic acids is 1. The van der Waals surface area contributed by atoms with Crippen LogP contribution in [-0.2, 0) is 4.79 Å².